The maximum atomic E-state index is 12.6. The van der Waals surface area contributed by atoms with Crippen molar-refractivity contribution in [3.63, 3.8) is 0 Å². The maximum absolute atomic E-state index is 12.6. The van der Waals surface area contributed by atoms with Crippen LogP contribution in [0.25, 0.3) is 0 Å². The van der Waals surface area contributed by atoms with Gasteiger partial charge in [-0.1, -0.05) is 19.9 Å². The monoisotopic (exact) mass is 357 g/mol. The Morgan fingerprint density at radius 2 is 2.23 bits per heavy atom. The minimum Gasteiger partial charge on any atom is -0.493 e. The molecule has 1 N–H and O–H groups in total. The summed E-state index contributed by atoms with van der Waals surface area (Å²) in [6.45, 7) is 5.45. The molecule has 1 aromatic carbocycles. The number of hydrogen-bond acceptors (Lipinski definition) is 4. The highest BCUT2D eigenvalue weighted by atomic mass is 16.5. The lowest BCUT2D eigenvalue weighted by atomic mass is 9.96. The number of carbonyl (C=O) groups excluding carboxylic acids is 2. The van der Waals surface area contributed by atoms with Crippen LogP contribution in [0.1, 0.15) is 39.5 Å². The van der Waals surface area contributed by atoms with Crippen molar-refractivity contribution in [2.75, 3.05) is 25.0 Å². The number of nitrogens with zero attached hydrogens (tertiary/aromatic N) is 2. The zero-order chi connectivity index (χ0) is 18.9. The Labute approximate surface area is 155 Å². The van der Waals surface area contributed by atoms with E-state index in [-0.39, 0.29) is 23.7 Å². The van der Waals surface area contributed by atoms with Gasteiger partial charge in [-0.3, -0.25) is 9.59 Å². The van der Waals surface area contributed by atoms with Crippen LogP contribution in [-0.2, 0) is 9.59 Å². The van der Waals surface area contributed by atoms with Crippen molar-refractivity contribution >= 4 is 17.5 Å². The first-order chi connectivity index (χ1) is 12.5. The van der Waals surface area contributed by atoms with Crippen LogP contribution >= 0.6 is 0 Å². The van der Waals surface area contributed by atoms with Crippen LogP contribution in [0.5, 0.6) is 5.75 Å². The van der Waals surface area contributed by atoms with Gasteiger partial charge in [0.2, 0.25) is 11.8 Å². The molecule has 0 bridgehead atoms. The molecule has 1 aromatic rings. The quantitative estimate of drug-likeness (QED) is 0.760. The van der Waals surface area contributed by atoms with Crippen LogP contribution < -0.4 is 10.1 Å². The molecule has 0 saturated carbocycles. The third-order valence-corrected chi connectivity index (χ3v) is 4.40. The SMILES string of the molecule is CC(C)C(=O)N1CCC[C@H](C(=O)Nc2cccc(OCCCC#N)c2)C1. The fraction of sp³-hybridized carbons (Fsp3) is 0.550. The Kier molecular flexibility index (Phi) is 7.46. The van der Waals surface area contributed by atoms with Gasteiger partial charge in [0.1, 0.15) is 5.75 Å². The summed E-state index contributed by atoms with van der Waals surface area (Å²) in [6, 6.07) is 9.33. The lowest BCUT2D eigenvalue weighted by Gasteiger charge is -2.33. The lowest BCUT2D eigenvalue weighted by molar-refractivity contribution is -0.137. The van der Waals surface area contributed by atoms with Crippen LogP contribution in [0.3, 0.4) is 0 Å². The summed E-state index contributed by atoms with van der Waals surface area (Å²) in [5, 5.41) is 11.5. The van der Waals surface area contributed by atoms with Gasteiger partial charge in [0, 0.05) is 37.2 Å². The van der Waals surface area contributed by atoms with E-state index in [1.807, 2.05) is 32.0 Å². The number of carbonyl (C=O) groups is 2. The van der Waals surface area contributed by atoms with E-state index in [4.69, 9.17) is 10.00 Å². The zero-order valence-corrected chi connectivity index (χ0v) is 15.5. The Hall–Kier alpha value is -2.55. The second kappa shape index (κ2) is 9.81. The molecule has 2 amide bonds. The molecule has 1 saturated heterocycles. The van der Waals surface area contributed by atoms with Gasteiger partial charge < -0.3 is 15.0 Å². The predicted molar refractivity (Wildman–Crippen MR) is 99.6 cm³/mol. The number of ether oxygens (including phenoxy) is 1. The molecule has 1 aliphatic rings. The molecule has 0 unspecified atom stereocenters. The number of piperidine rings is 1. The van der Waals surface area contributed by atoms with Crippen molar-refractivity contribution in [2.45, 2.75) is 39.5 Å². The van der Waals surface area contributed by atoms with Crippen molar-refractivity contribution in [3.8, 4) is 11.8 Å². The van der Waals surface area contributed by atoms with Crippen LogP contribution in [0.4, 0.5) is 5.69 Å². The smallest absolute Gasteiger partial charge is 0.229 e. The Morgan fingerprint density at radius 3 is 2.96 bits per heavy atom. The molecule has 1 atom stereocenters. The minimum atomic E-state index is -0.188. The molecular formula is C20H27N3O3. The average Bonchev–Trinajstić information content (AvgIpc) is 2.65. The van der Waals surface area contributed by atoms with E-state index in [0.29, 0.717) is 37.4 Å². The normalized spacial score (nSPS) is 16.8. The maximum Gasteiger partial charge on any atom is 0.229 e. The molecule has 6 heteroatoms. The van der Waals surface area contributed by atoms with Gasteiger partial charge in [-0.05, 0) is 31.4 Å². The van der Waals surface area contributed by atoms with E-state index in [1.165, 1.54) is 0 Å². The van der Waals surface area contributed by atoms with E-state index in [9.17, 15) is 9.59 Å². The van der Waals surface area contributed by atoms with Crippen molar-refractivity contribution in [3.05, 3.63) is 24.3 Å². The van der Waals surface area contributed by atoms with E-state index in [2.05, 4.69) is 11.4 Å². The van der Waals surface area contributed by atoms with Crippen LogP contribution in [0.15, 0.2) is 24.3 Å². The number of nitriles is 1. The van der Waals surface area contributed by atoms with Crippen molar-refractivity contribution in [1.82, 2.24) is 4.90 Å². The predicted octanol–water partition coefficient (Wildman–Crippen LogP) is 3.20. The molecule has 6 nitrogen and oxygen atoms in total. The van der Waals surface area contributed by atoms with Gasteiger partial charge in [-0.25, -0.2) is 0 Å². The van der Waals surface area contributed by atoms with Crippen LogP contribution in [0.2, 0.25) is 0 Å². The highest BCUT2D eigenvalue weighted by Gasteiger charge is 2.29. The van der Waals surface area contributed by atoms with Crippen molar-refractivity contribution in [1.29, 1.82) is 5.26 Å². The highest BCUT2D eigenvalue weighted by Crippen LogP contribution is 2.22. The molecule has 0 aromatic heterocycles. The molecule has 140 valence electrons. The Morgan fingerprint density at radius 1 is 1.42 bits per heavy atom. The second-order valence-electron chi connectivity index (χ2n) is 6.91. The standard InChI is InChI=1S/C20H27N3O3/c1-15(2)20(25)23-11-6-7-16(14-23)19(24)22-17-8-5-9-18(13-17)26-12-4-3-10-21/h5,8-9,13,15-16H,3-4,6-7,11-12,14H2,1-2H3,(H,22,24)/t16-/m0/s1. The van der Waals surface area contributed by atoms with Gasteiger partial charge in [0.15, 0.2) is 0 Å². The fourth-order valence-electron chi connectivity index (χ4n) is 3.01. The van der Waals surface area contributed by atoms with Crippen molar-refractivity contribution < 1.29 is 14.3 Å². The molecule has 1 heterocycles. The lowest BCUT2D eigenvalue weighted by Crippen LogP contribution is -2.45. The molecule has 26 heavy (non-hydrogen) atoms. The van der Waals surface area contributed by atoms with Gasteiger partial charge >= 0.3 is 0 Å². The number of nitrogens with one attached hydrogen (secondary N) is 1. The number of benzene rings is 1. The van der Waals surface area contributed by atoms with Gasteiger partial charge in [-0.15, -0.1) is 0 Å². The van der Waals surface area contributed by atoms with Gasteiger partial charge in [-0.2, -0.15) is 5.26 Å². The fourth-order valence-corrected chi connectivity index (χ4v) is 3.01. The minimum absolute atomic E-state index is 0.0494. The zero-order valence-electron chi connectivity index (χ0n) is 15.5. The summed E-state index contributed by atoms with van der Waals surface area (Å²) in [5.41, 5.74) is 0.681. The van der Waals surface area contributed by atoms with Gasteiger partial charge in [0.25, 0.3) is 0 Å². The number of unbranched alkanes of at least 4 members (excludes halogenated alkanes) is 1. The third-order valence-electron chi connectivity index (χ3n) is 4.40. The summed E-state index contributed by atoms with van der Waals surface area (Å²) in [6.07, 6.45) is 2.77. The highest BCUT2D eigenvalue weighted by molar-refractivity contribution is 5.93. The Balaban J connectivity index is 1.90. The topological polar surface area (TPSA) is 82.4 Å². The summed E-state index contributed by atoms with van der Waals surface area (Å²) in [4.78, 5) is 26.6. The van der Waals surface area contributed by atoms with E-state index in [1.54, 1.807) is 11.0 Å². The first kappa shape index (κ1) is 19.8. The van der Waals surface area contributed by atoms with Crippen molar-refractivity contribution in [2.24, 2.45) is 11.8 Å². The van der Waals surface area contributed by atoms with E-state index < -0.39 is 0 Å². The second-order valence-corrected chi connectivity index (χ2v) is 6.91. The van der Waals surface area contributed by atoms with Gasteiger partial charge in [0.05, 0.1) is 18.6 Å². The largest absolute Gasteiger partial charge is 0.493 e. The number of hydrogen-bond donors (Lipinski definition) is 1. The van der Waals surface area contributed by atoms with Crippen LogP contribution in [0, 0.1) is 23.2 Å². The summed E-state index contributed by atoms with van der Waals surface area (Å²) >= 11 is 0. The molecule has 1 fully saturated rings. The number of rotatable bonds is 7. The molecular weight excluding hydrogens is 330 g/mol. The molecule has 0 spiro atoms. The average molecular weight is 357 g/mol. The van der Waals surface area contributed by atoms with Crippen LogP contribution in [-0.4, -0.2) is 36.4 Å². The number of amides is 2. The summed E-state index contributed by atoms with van der Waals surface area (Å²) in [5.74, 6) is 0.475. The first-order valence-corrected chi connectivity index (χ1v) is 9.20. The molecule has 0 aliphatic carbocycles. The Bertz CT molecular complexity index is 667. The first-order valence-electron chi connectivity index (χ1n) is 9.20. The third kappa shape index (κ3) is 5.76. The number of likely N-dealkylation sites (tertiary alicyclic amines) is 1. The number of anilines is 1. The molecule has 1 aliphatic heterocycles. The summed E-state index contributed by atoms with van der Waals surface area (Å²) in [7, 11) is 0. The van der Waals surface area contributed by atoms with E-state index in [0.717, 1.165) is 19.4 Å². The summed E-state index contributed by atoms with van der Waals surface area (Å²) < 4.78 is 5.60. The molecule has 0 radical (unpaired) electrons. The molecule has 2 rings (SSSR count). The van der Waals surface area contributed by atoms with E-state index >= 15 is 0 Å².